The van der Waals surface area contributed by atoms with E-state index in [0.29, 0.717) is 0 Å². The Balaban J connectivity index is 2.13. The molecule has 0 aliphatic rings. The van der Waals surface area contributed by atoms with Gasteiger partial charge in [0.1, 0.15) is 0 Å². The molecule has 3 heteroatoms. The SMILES string of the molecule is CCc1ccccc1C(N)Cc1cnn(CC)c1. The van der Waals surface area contributed by atoms with Crippen LogP contribution in [0.1, 0.15) is 36.6 Å². The minimum absolute atomic E-state index is 0.0515. The van der Waals surface area contributed by atoms with Gasteiger partial charge in [-0.25, -0.2) is 0 Å². The van der Waals surface area contributed by atoms with Gasteiger partial charge in [0, 0.05) is 18.8 Å². The largest absolute Gasteiger partial charge is 0.324 e. The van der Waals surface area contributed by atoms with Gasteiger partial charge < -0.3 is 5.73 Å². The van der Waals surface area contributed by atoms with Gasteiger partial charge in [-0.15, -0.1) is 0 Å². The molecule has 2 rings (SSSR count). The van der Waals surface area contributed by atoms with Crippen molar-refractivity contribution in [3.63, 3.8) is 0 Å². The first kappa shape index (κ1) is 12.8. The molecule has 0 radical (unpaired) electrons. The summed E-state index contributed by atoms with van der Waals surface area (Å²) < 4.78 is 1.94. The van der Waals surface area contributed by atoms with Gasteiger partial charge in [-0.05, 0) is 36.5 Å². The average molecular weight is 243 g/mol. The molecule has 1 unspecified atom stereocenters. The lowest BCUT2D eigenvalue weighted by atomic mass is 9.95. The monoisotopic (exact) mass is 243 g/mol. The Bertz CT molecular complexity index is 502. The molecule has 3 nitrogen and oxygen atoms in total. The van der Waals surface area contributed by atoms with E-state index in [4.69, 9.17) is 5.73 Å². The van der Waals surface area contributed by atoms with Gasteiger partial charge in [0.2, 0.25) is 0 Å². The van der Waals surface area contributed by atoms with Crippen molar-refractivity contribution in [1.29, 1.82) is 0 Å². The second kappa shape index (κ2) is 5.83. The fourth-order valence-corrected chi connectivity index (χ4v) is 2.27. The highest BCUT2D eigenvalue weighted by atomic mass is 15.3. The third-order valence-electron chi connectivity index (χ3n) is 3.30. The predicted molar refractivity (Wildman–Crippen MR) is 74.4 cm³/mol. The Kier molecular flexibility index (Phi) is 4.15. The summed E-state index contributed by atoms with van der Waals surface area (Å²) in [6.45, 7) is 5.16. The number of rotatable bonds is 5. The topological polar surface area (TPSA) is 43.8 Å². The van der Waals surface area contributed by atoms with Crippen LogP contribution < -0.4 is 5.73 Å². The highest BCUT2D eigenvalue weighted by molar-refractivity contribution is 5.31. The quantitative estimate of drug-likeness (QED) is 0.877. The Labute approximate surface area is 109 Å². The van der Waals surface area contributed by atoms with Crippen LogP contribution in [-0.4, -0.2) is 9.78 Å². The molecule has 0 fully saturated rings. The third-order valence-corrected chi connectivity index (χ3v) is 3.30. The average Bonchev–Trinajstić information content (AvgIpc) is 2.86. The summed E-state index contributed by atoms with van der Waals surface area (Å²) in [6.07, 6.45) is 5.86. The normalized spacial score (nSPS) is 12.6. The van der Waals surface area contributed by atoms with E-state index in [-0.39, 0.29) is 6.04 Å². The summed E-state index contributed by atoms with van der Waals surface area (Å²) in [5.74, 6) is 0. The number of hydrogen-bond acceptors (Lipinski definition) is 2. The van der Waals surface area contributed by atoms with Gasteiger partial charge in [0.15, 0.2) is 0 Å². The summed E-state index contributed by atoms with van der Waals surface area (Å²) in [4.78, 5) is 0. The van der Waals surface area contributed by atoms with Crippen molar-refractivity contribution in [1.82, 2.24) is 9.78 Å². The van der Waals surface area contributed by atoms with Crippen molar-refractivity contribution >= 4 is 0 Å². The number of nitrogens with zero attached hydrogens (tertiary/aromatic N) is 2. The van der Waals surface area contributed by atoms with E-state index in [1.165, 1.54) is 16.7 Å². The molecular formula is C15H21N3. The molecule has 0 spiro atoms. The number of nitrogens with two attached hydrogens (primary N) is 1. The first-order chi connectivity index (χ1) is 8.74. The molecule has 0 amide bonds. The molecule has 96 valence electrons. The Morgan fingerprint density at radius 2 is 2.06 bits per heavy atom. The summed E-state index contributed by atoms with van der Waals surface area (Å²) in [7, 11) is 0. The molecule has 0 aliphatic carbocycles. The second-order valence-corrected chi connectivity index (χ2v) is 4.57. The molecule has 0 saturated carbocycles. The molecule has 2 N–H and O–H groups in total. The maximum absolute atomic E-state index is 6.32. The van der Waals surface area contributed by atoms with E-state index < -0.39 is 0 Å². The van der Waals surface area contributed by atoms with Gasteiger partial charge in [-0.1, -0.05) is 31.2 Å². The van der Waals surface area contributed by atoms with Crippen molar-refractivity contribution in [2.24, 2.45) is 5.73 Å². The molecule has 0 aliphatic heterocycles. The van der Waals surface area contributed by atoms with Crippen LogP contribution >= 0.6 is 0 Å². The van der Waals surface area contributed by atoms with Crippen LogP contribution in [0.15, 0.2) is 36.7 Å². The Morgan fingerprint density at radius 1 is 1.28 bits per heavy atom. The highest BCUT2D eigenvalue weighted by Crippen LogP contribution is 2.20. The van der Waals surface area contributed by atoms with Crippen LogP contribution in [0.2, 0.25) is 0 Å². The predicted octanol–water partition coefficient (Wildman–Crippen LogP) is 2.71. The van der Waals surface area contributed by atoms with Gasteiger partial charge in [-0.3, -0.25) is 4.68 Å². The minimum Gasteiger partial charge on any atom is -0.324 e. The highest BCUT2D eigenvalue weighted by Gasteiger charge is 2.11. The zero-order chi connectivity index (χ0) is 13.0. The number of hydrogen-bond donors (Lipinski definition) is 1. The lowest BCUT2D eigenvalue weighted by Crippen LogP contribution is -2.15. The maximum Gasteiger partial charge on any atom is 0.0522 e. The van der Waals surface area contributed by atoms with Crippen molar-refractivity contribution in [2.45, 2.75) is 39.3 Å². The molecule has 0 bridgehead atoms. The van der Waals surface area contributed by atoms with E-state index in [0.717, 1.165) is 19.4 Å². The summed E-state index contributed by atoms with van der Waals surface area (Å²) >= 11 is 0. The smallest absolute Gasteiger partial charge is 0.0522 e. The fraction of sp³-hybridized carbons (Fsp3) is 0.400. The zero-order valence-corrected chi connectivity index (χ0v) is 11.1. The lowest BCUT2D eigenvalue weighted by molar-refractivity contribution is 0.657. The molecule has 18 heavy (non-hydrogen) atoms. The maximum atomic E-state index is 6.32. The molecule has 2 aromatic rings. The first-order valence-corrected chi connectivity index (χ1v) is 6.59. The van der Waals surface area contributed by atoms with Crippen LogP contribution in [-0.2, 0) is 19.4 Å². The molecule has 1 atom stereocenters. The van der Waals surface area contributed by atoms with E-state index in [9.17, 15) is 0 Å². The van der Waals surface area contributed by atoms with Gasteiger partial charge in [0.05, 0.1) is 6.20 Å². The molecule has 1 aromatic heterocycles. The lowest BCUT2D eigenvalue weighted by Gasteiger charge is -2.14. The molecule has 1 aromatic carbocycles. The van der Waals surface area contributed by atoms with Crippen LogP contribution in [0.4, 0.5) is 0 Å². The van der Waals surface area contributed by atoms with Crippen molar-refractivity contribution in [3.05, 3.63) is 53.3 Å². The molecule has 1 heterocycles. The van der Waals surface area contributed by atoms with Crippen LogP contribution in [0, 0.1) is 0 Å². The van der Waals surface area contributed by atoms with Crippen molar-refractivity contribution in [2.75, 3.05) is 0 Å². The Morgan fingerprint density at radius 3 is 2.72 bits per heavy atom. The fourth-order valence-electron chi connectivity index (χ4n) is 2.27. The van der Waals surface area contributed by atoms with E-state index >= 15 is 0 Å². The van der Waals surface area contributed by atoms with E-state index in [2.05, 4.69) is 49.4 Å². The first-order valence-electron chi connectivity index (χ1n) is 6.59. The standard InChI is InChI=1S/C15H21N3/c1-3-13-7-5-6-8-14(13)15(16)9-12-10-17-18(4-2)11-12/h5-8,10-11,15H,3-4,9,16H2,1-2H3. The van der Waals surface area contributed by atoms with Crippen molar-refractivity contribution in [3.8, 4) is 0 Å². The van der Waals surface area contributed by atoms with Crippen molar-refractivity contribution < 1.29 is 0 Å². The van der Waals surface area contributed by atoms with Gasteiger partial charge in [-0.2, -0.15) is 5.10 Å². The summed E-state index contributed by atoms with van der Waals surface area (Å²) in [5, 5.41) is 4.29. The number of aryl methyl sites for hydroxylation is 2. The zero-order valence-electron chi connectivity index (χ0n) is 11.1. The number of aromatic nitrogens is 2. The van der Waals surface area contributed by atoms with E-state index in [1.807, 2.05) is 10.9 Å². The summed E-state index contributed by atoms with van der Waals surface area (Å²) in [6, 6.07) is 8.47. The van der Waals surface area contributed by atoms with Crippen LogP contribution in [0.25, 0.3) is 0 Å². The second-order valence-electron chi connectivity index (χ2n) is 4.57. The Hall–Kier alpha value is -1.61. The van der Waals surface area contributed by atoms with E-state index in [1.54, 1.807) is 0 Å². The molecular weight excluding hydrogens is 222 g/mol. The minimum atomic E-state index is 0.0515. The molecule has 0 saturated heterocycles. The van der Waals surface area contributed by atoms with Gasteiger partial charge in [0.25, 0.3) is 0 Å². The third kappa shape index (κ3) is 2.79. The number of benzene rings is 1. The summed E-state index contributed by atoms with van der Waals surface area (Å²) in [5.41, 5.74) is 10.1. The van der Waals surface area contributed by atoms with Crippen LogP contribution in [0.5, 0.6) is 0 Å². The van der Waals surface area contributed by atoms with Crippen LogP contribution in [0.3, 0.4) is 0 Å². The van der Waals surface area contributed by atoms with Gasteiger partial charge >= 0.3 is 0 Å².